The van der Waals surface area contributed by atoms with Gasteiger partial charge in [-0.05, 0) is 32.4 Å². The number of aromatic nitrogens is 1. The fourth-order valence-electron chi connectivity index (χ4n) is 1.65. The minimum absolute atomic E-state index is 0.148. The van der Waals surface area contributed by atoms with E-state index >= 15 is 0 Å². The van der Waals surface area contributed by atoms with Gasteiger partial charge in [-0.25, -0.2) is 4.39 Å². The van der Waals surface area contributed by atoms with Crippen LogP contribution in [0.3, 0.4) is 0 Å². The van der Waals surface area contributed by atoms with Gasteiger partial charge >= 0.3 is 0 Å². The highest BCUT2D eigenvalue weighted by Gasteiger charge is 2.10. The molecule has 0 bridgehead atoms. The first-order valence-corrected chi connectivity index (χ1v) is 6.12. The van der Waals surface area contributed by atoms with E-state index < -0.39 is 5.83 Å². The molecule has 0 aliphatic carbocycles. The molecule has 1 heterocycles. The molecule has 5 heteroatoms. The molecule has 106 valence electrons. The Kier molecular flexibility index (Phi) is 5.32. The van der Waals surface area contributed by atoms with Gasteiger partial charge in [-0.2, -0.15) is 0 Å². The summed E-state index contributed by atoms with van der Waals surface area (Å²) in [5.41, 5.74) is 9.10. The summed E-state index contributed by atoms with van der Waals surface area (Å²) in [5.74, 6) is -0.654. The summed E-state index contributed by atoms with van der Waals surface area (Å²) in [6.07, 6.45) is 2.83. The Labute approximate surface area is 118 Å². The fourth-order valence-corrected chi connectivity index (χ4v) is 1.65. The lowest BCUT2D eigenvalue weighted by Gasteiger charge is -2.09. The largest absolute Gasteiger partial charge is 0.397 e. The Hall–Kier alpha value is -2.30. The van der Waals surface area contributed by atoms with Crippen LogP contribution in [0.4, 0.5) is 4.39 Å². The second kappa shape index (κ2) is 6.75. The van der Waals surface area contributed by atoms with E-state index in [2.05, 4.69) is 21.5 Å². The van der Waals surface area contributed by atoms with E-state index in [1.165, 1.54) is 0 Å². The maximum Gasteiger partial charge on any atom is 0.163 e. The van der Waals surface area contributed by atoms with Gasteiger partial charge in [0.2, 0.25) is 0 Å². The van der Waals surface area contributed by atoms with Crippen molar-refractivity contribution in [1.82, 2.24) is 4.98 Å². The van der Waals surface area contributed by atoms with E-state index in [4.69, 9.17) is 5.73 Å². The molecule has 0 atom stereocenters. The maximum atomic E-state index is 13.3. The molecular weight excluding hydrogens is 255 g/mol. The Morgan fingerprint density at radius 3 is 2.65 bits per heavy atom. The molecule has 0 aliphatic heterocycles. The molecule has 0 saturated carbocycles. The minimum atomic E-state index is -0.654. The molecular formula is C15H19FN4. The molecule has 0 fully saturated rings. The summed E-state index contributed by atoms with van der Waals surface area (Å²) in [7, 11) is 1.66. The van der Waals surface area contributed by atoms with Gasteiger partial charge in [-0.3, -0.25) is 15.0 Å². The molecule has 1 rings (SSSR count). The van der Waals surface area contributed by atoms with Crippen LogP contribution < -0.4 is 5.73 Å². The van der Waals surface area contributed by atoms with Crippen molar-refractivity contribution in [3.05, 3.63) is 53.4 Å². The van der Waals surface area contributed by atoms with Gasteiger partial charge in [0, 0.05) is 24.5 Å². The standard InChI is InChI=1S/C15H19FN4/c1-9-6-13(11(3)19-7-9)15(18-5)12(4)20-8-14(16)10(2)17/h6-8H,2,17H2,1,3-5H3/b14-8+,18-15?,20-12?. The van der Waals surface area contributed by atoms with Crippen LogP contribution >= 0.6 is 0 Å². The Morgan fingerprint density at radius 1 is 1.45 bits per heavy atom. The Bertz CT molecular complexity index is 612. The first-order chi connectivity index (χ1) is 9.36. The van der Waals surface area contributed by atoms with Gasteiger partial charge in [-0.1, -0.05) is 6.58 Å². The van der Waals surface area contributed by atoms with Crippen LogP contribution in [0.25, 0.3) is 0 Å². The number of pyridine rings is 1. The van der Waals surface area contributed by atoms with Crippen LogP contribution in [0.5, 0.6) is 0 Å². The first kappa shape index (κ1) is 15.8. The van der Waals surface area contributed by atoms with Gasteiger partial charge in [0.15, 0.2) is 5.83 Å². The number of nitrogens with zero attached hydrogens (tertiary/aromatic N) is 3. The fraction of sp³-hybridized carbons (Fsp3) is 0.267. The molecule has 2 N–H and O–H groups in total. The van der Waals surface area contributed by atoms with E-state index in [9.17, 15) is 4.39 Å². The minimum Gasteiger partial charge on any atom is -0.397 e. The topological polar surface area (TPSA) is 63.6 Å². The summed E-state index contributed by atoms with van der Waals surface area (Å²) >= 11 is 0. The highest BCUT2D eigenvalue weighted by Crippen LogP contribution is 2.11. The van der Waals surface area contributed by atoms with Gasteiger partial charge < -0.3 is 5.73 Å². The second-order valence-corrected chi connectivity index (χ2v) is 4.43. The number of allylic oxidation sites excluding steroid dienone is 1. The maximum absolute atomic E-state index is 13.3. The van der Waals surface area contributed by atoms with Gasteiger partial charge in [0.25, 0.3) is 0 Å². The normalized spacial score (nSPS) is 13.6. The van der Waals surface area contributed by atoms with Crippen molar-refractivity contribution in [2.75, 3.05) is 7.05 Å². The van der Waals surface area contributed by atoms with Gasteiger partial charge in [-0.15, -0.1) is 0 Å². The van der Waals surface area contributed by atoms with Crippen LogP contribution in [0, 0.1) is 13.8 Å². The molecule has 0 spiro atoms. The van der Waals surface area contributed by atoms with Crippen molar-refractivity contribution < 1.29 is 4.39 Å². The van der Waals surface area contributed by atoms with Crippen LogP contribution in [-0.4, -0.2) is 23.5 Å². The highest BCUT2D eigenvalue weighted by molar-refractivity contribution is 6.48. The van der Waals surface area contributed by atoms with Crippen molar-refractivity contribution in [1.29, 1.82) is 0 Å². The summed E-state index contributed by atoms with van der Waals surface area (Å²) in [4.78, 5) is 12.6. The zero-order chi connectivity index (χ0) is 15.3. The zero-order valence-corrected chi connectivity index (χ0v) is 12.2. The molecule has 1 aromatic heterocycles. The number of rotatable bonds is 4. The highest BCUT2D eigenvalue weighted by atomic mass is 19.1. The number of hydrogen-bond donors (Lipinski definition) is 1. The quantitative estimate of drug-likeness (QED) is 0.677. The Balaban J connectivity index is 3.21. The molecule has 0 unspecified atom stereocenters. The number of hydrogen-bond acceptors (Lipinski definition) is 4. The van der Waals surface area contributed by atoms with Crippen molar-refractivity contribution in [2.45, 2.75) is 20.8 Å². The van der Waals surface area contributed by atoms with Crippen molar-refractivity contribution >= 4 is 11.4 Å². The van der Waals surface area contributed by atoms with E-state index in [1.807, 2.05) is 19.9 Å². The molecule has 0 aromatic carbocycles. The average Bonchev–Trinajstić information content (AvgIpc) is 2.40. The smallest absolute Gasteiger partial charge is 0.163 e. The predicted octanol–water partition coefficient (Wildman–Crippen LogP) is 2.86. The van der Waals surface area contributed by atoms with Crippen molar-refractivity contribution in [3.8, 4) is 0 Å². The molecule has 0 radical (unpaired) electrons. The lowest BCUT2D eigenvalue weighted by atomic mass is 10.0. The van der Waals surface area contributed by atoms with Gasteiger partial charge in [0.1, 0.15) is 0 Å². The molecule has 0 aliphatic rings. The third kappa shape index (κ3) is 3.85. The Morgan fingerprint density at radius 2 is 2.10 bits per heavy atom. The molecule has 4 nitrogen and oxygen atoms in total. The van der Waals surface area contributed by atoms with E-state index in [1.54, 1.807) is 20.2 Å². The molecule has 0 amide bonds. The number of aliphatic imine (C=N–C) groups is 2. The lowest BCUT2D eigenvalue weighted by molar-refractivity contribution is 0.646. The number of aryl methyl sites for hydroxylation is 2. The summed E-state index contributed by atoms with van der Waals surface area (Å²) < 4.78 is 13.3. The van der Waals surface area contributed by atoms with Crippen molar-refractivity contribution in [3.63, 3.8) is 0 Å². The number of halogens is 1. The summed E-state index contributed by atoms with van der Waals surface area (Å²) in [6, 6.07) is 1.98. The van der Waals surface area contributed by atoms with Gasteiger partial charge in [0.05, 0.1) is 23.3 Å². The first-order valence-electron chi connectivity index (χ1n) is 6.12. The van der Waals surface area contributed by atoms with Crippen LogP contribution in [0.2, 0.25) is 0 Å². The van der Waals surface area contributed by atoms with Crippen molar-refractivity contribution in [2.24, 2.45) is 15.7 Å². The zero-order valence-electron chi connectivity index (χ0n) is 12.2. The van der Waals surface area contributed by atoms with E-state index in [-0.39, 0.29) is 5.70 Å². The molecule has 0 saturated heterocycles. The molecule has 20 heavy (non-hydrogen) atoms. The lowest BCUT2D eigenvalue weighted by Crippen LogP contribution is -2.14. The predicted molar refractivity (Wildman–Crippen MR) is 81.8 cm³/mol. The summed E-state index contributed by atoms with van der Waals surface area (Å²) in [5, 5.41) is 0. The van der Waals surface area contributed by atoms with E-state index in [0.717, 1.165) is 23.0 Å². The third-order valence-corrected chi connectivity index (χ3v) is 2.72. The second-order valence-electron chi connectivity index (χ2n) is 4.43. The average molecular weight is 274 g/mol. The number of nitrogens with two attached hydrogens (primary N) is 1. The SMILES string of the molecule is C=C(N)/C(F)=C\N=C(C)C(=NC)c1cc(C)cnc1C. The van der Waals surface area contributed by atoms with Crippen LogP contribution in [0.15, 0.2) is 46.6 Å². The van der Waals surface area contributed by atoms with Crippen LogP contribution in [-0.2, 0) is 0 Å². The summed E-state index contributed by atoms with van der Waals surface area (Å²) in [6.45, 7) is 8.91. The third-order valence-electron chi connectivity index (χ3n) is 2.72. The van der Waals surface area contributed by atoms with Crippen LogP contribution in [0.1, 0.15) is 23.7 Å². The molecule has 1 aromatic rings. The monoisotopic (exact) mass is 274 g/mol. The van der Waals surface area contributed by atoms with E-state index in [0.29, 0.717) is 11.4 Å².